The number of rotatable bonds is 7. The van der Waals surface area contributed by atoms with Gasteiger partial charge in [-0.3, -0.25) is 4.79 Å². The van der Waals surface area contributed by atoms with Crippen LogP contribution in [-0.2, 0) is 28.5 Å². The van der Waals surface area contributed by atoms with E-state index >= 15 is 0 Å². The summed E-state index contributed by atoms with van der Waals surface area (Å²) in [6, 6.07) is -0.298. The molecule has 2 saturated heterocycles. The van der Waals surface area contributed by atoms with Gasteiger partial charge in [0.2, 0.25) is 0 Å². The Balaban J connectivity index is 1.80. The predicted molar refractivity (Wildman–Crippen MR) is 230 cm³/mol. The lowest BCUT2D eigenvalue weighted by molar-refractivity contribution is -0.341. The zero-order valence-electron chi connectivity index (χ0n) is 37.2. The van der Waals surface area contributed by atoms with E-state index in [9.17, 15) is 20.1 Å². The van der Waals surface area contributed by atoms with Crippen LogP contribution < -0.4 is 0 Å². The highest BCUT2D eigenvalue weighted by Crippen LogP contribution is 2.48. The van der Waals surface area contributed by atoms with Crippen LogP contribution in [0.2, 0.25) is 0 Å². The number of allylic oxidation sites excluding steroid dienone is 4. The number of ketones is 1. The first-order chi connectivity index (χ1) is 27.3. The molecule has 2 unspecified atom stereocenters. The molecule has 0 aromatic heterocycles. The van der Waals surface area contributed by atoms with Gasteiger partial charge in [-0.05, 0) is 107 Å². The summed E-state index contributed by atoms with van der Waals surface area (Å²) in [6.07, 6.45) is 9.67. The molecule has 0 aromatic carbocycles. The van der Waals surface area contributed by atoms with Gasteiger partial charge in [-0.25, -0.2) is 0 Å². The van der Waals surface area contributed by atoms with Crippen LogP contribution in [0.15, 0.2) is 72.7 Å². The average molecular weight is 812 g/mol. The molecule has 10 heteroatoms. The van der Waals surface area contributed by atoms with Crippen molar-refractivity contribution in [1.82, 2.24) is 4.90 Å². The van der Waals surface area contributed by atoms with Crippen LogP contribution in [0.4, 0.5) is 0 Å². The fourth-order valence-electron chi connectivity index (χ4n) is 10.2. The molecule has 2 bridgehead atoms. The van der Waals surface area contributed by atoms with Crippen LogP contribution in [0.3, 0.4) is 0 Å². The number of hydrogen-bond acceptors (Lipinski definition) is 10. The van der Waals surface area contributed by atoms with Crippen LogP contribution in [0.1, 0.15) is 112 Å². The third-order valence-electron chi connectivity index (χ3n) is 13.9. The Morgan fingerprint density at radius 2 is 1.62 bits per heavy atom. The number of aliphatic hydroxyl groups excluding tert-OH is 2. The van der Waals surface area contributed by atoms with Crippen molar-refractivity contribution in [2.45, 2.75) is 166 Å². The van der Waals surface area contributed by atoms with E-state index in [4.69, 9.17) is 23.7 Å². The Morgan fingerprint density at radius 3 is 2.26 bits per heavy atom. The second-order valence-corrected chi connectivity index (χ2v) is 18.3. The van der Waals surface area contributed by atoms with E-state index < -0.39 is 41.7 Å². The summed E-state index contributed by atoms with van der Waals surface area (Å²) >= 11 is 0. The van der Waals surface area contributed by atoms with Crippen LogP contribution >= 0.6 is 0 Å². The quantitative estimate of drug-likeness (QED) is 0.218. The van der Waals surface area contributed by atoms with Gasteiger partial charge >= 0.3 is 0 Å². The Hall–Kier alpha value is -2.57. The zero-order chi connectivity index (χ0) is 43.1. The molecule has 4 rings (SSSR count). The second-order valence-electron chi connectivity index (χ2n) is 18.3. The fourth-order valence-corrected chi connectivity index (χ4v) is 10.2. The number of ether oxygens (including phenoxy) is 5. The van der Waals surface area contributed by atoms with Gasteiger partial charge in [-0.15, -0.1) is 6.58 Å². The molecule has 0 amide bonds. The predicted octanol–water partition coefficient (Wildman–Crippen LogP) is 7.99. The summed E-state index contributed by atoms with van der Waals surface area (Å²) < 4.78 is 31.7. The van der Waals surface area contributed by atoms with E-state index in [-0.39, 0.29) is 54.1 Å². The zero-order valence-corrected chi connectivity index (χ0v) is 37.2. The second kappa shape index (κ2) is 20.8. The smallest absolute Gasteiger partial charge is 0.197 e. The number of hydrogen-bond donors (Lipinski definition) is 3. The Kier molecular flexibility index (Phi) is 17.3. The van der Waals surface area contributed by atoms with Crippen molar-refractivity contribution in [3.63, 3.8) is 0 Å². The van der Waals surface area contributed by atoms with Crippen molar-refractivity contribution in [2.75, 3.05) is 27.9 Å². The number of nitrogens with zero attached hydrogens (tertiary/aromatic N) is 1. The lowest BCUT2D eigenvalue weighted by atomic mass is 9.74. The molecule has 328 valence electrons. The van der Waals surface area contributed by atoms with E-state index in [0.29, 0.717) is 61.3 Å². The molecule has 10 nitrogen and oxygen atoms in total. The van der Waals surface area contributed by atoms with Crippen molar-refractivity contribution in [3.8, 4) is 0 Å². The molecule has 4 aliphatic rings. The topological polar surface area (TPSA) is 127 Å². The van der Waals surface area contributed by atoms with Crippen molar-refractivity contribution >= 4 is 5.78 Å². The Bertz CT molecular complexity index is 1520. The van der Waals surface area contributed by atoms with Crippen LogP contribution in [0, 0.1) is 29.6 Å². The maximum Gasteiger partial charge on any atom is 0.197 e. The number of piperidine rings is 1. The summed E-state index contributed by atoms with van der Waals surface area (Å²) in [7, 11) is 4.98. The van der Waals surface area contributed by atoms with Gasteiger partial charge in [0.15, 0.2) is 11.6 Å². The Morgan fingerprint density at radius 1 is 0.948 bits per heavy atom. The van der Waals surface area contributed by atoms with E-state index in [1.807, 2.05) is 33.8 Å². The van der Waals surface area contributed by atoms with Crippen LogP contribution in [-0.4, -0.2) is 108 Å². The lowest BCUT2D eigenvalue weighted by Gasteiger charge is -2.55. The maximum atomic E-state index is 14.0. The van der Waals surface area contributed by atoms with E-state index in [0.717, 1.165) is 37.7 Å². The van der Waals surface area contributed by atoms with Gasteiger partial charge in [0.25, 0.3) is 0 Å². The molecule has 1 saturated carbocycles. The molecule has 0 spiro atoms. The number of aliphatic hydroxyl groups is 3. The van der Waals surface area contributed by atoms with Crippen LogP contribution in [0.25, 0.3) is 0 Å². The minimum Gasteiger partial charge on any atom is -0.488 e. The highest BCUT2D eigenvalue weighted by Gasteiger charge is 2.58. The SMILES string of the molecule is C=CC/C1=C\C(C)C[C@H](C)C[C@H](OC)[C@@]2(C)O[C@@](O)(C(=C)C(=C)N3CCCCC3C(=C)O[C@H](C(C)=C[C@@H]3CC[C@@H](O)[C@H](OC)C3)[C@H](C)[C@@H](O)CC1=O)[C@H](C)C[C@@H]2OC. The molecule has 1 aliphatic carbocycles. The highest BCUT2D eigenvalue weighted by molar-refractivity contribution is 5.95. The minimum atomic E-state index is -1.77. The third kappa shape index (κ3) is 10.8. The molecule has 0 radical (unpaired) electrons. The lowest BCUT2D eigenvalue weighted by Crippen LogP contribution is -2.65. The molecular weight excluding hydrogens is 735 g/mol. The molecule has 14 atom stereocenters. The fraction of sp³-hybridized carbons (Fsp3) is 0.729. The summed E-state index contributed by atoms with van der Waals surface area (Å²) in [6.45, 7) is 30.2. The number of carbonyl (C=O) groups is 1. The monoisotopic (exact) mass is 812 g/mol. The maximum absolute atomic E-state index is 14.0. The summed E-state index contributed by atoms with van der Waals surface area (Å²) in [5.74, 6) is -1.90. The first-order valence-electron chi connectivity index (χ1n) is 21.8. The van der Waals surface area contributed by atoms with Crippen molar-refractivity contribution < 1.29 is 43.8 Å². The largest absolute Gasteiger partial charge is 0.488 e. The molecular formula is C48H77NO9. The van der Waals surface area contributed by atoms with E-state index in [1.165, 1.54) is 0 Å². The molecule has 3 heterocycles. The normalized spacial score (nSPS) is 41.8. The standard InChI is InChI=1S/C48H77NO9/c1-14-17-38-23-29(2)22-30(3)24-44(55-12)47(10)45(56-13)26-32(5)48(53,58-47)34(7)35(8)49-21-16-15-18-39(49)36(9)57-46(33(6)41(51)28-42(38)52)31(4)25-37-19-20-40(50)43(27-37)54-11/h14,23,25,29-30,32-33,37,39-41,43-46,50-51,53H,1,7-9,15-22,24,26-28H2,2-6,10-13H3/b31-25?,38-23+/t29?,30-,32+,33+,37-,39?,40+,41-,43+,44-,45-,46+,47+,48+/m0/s1. The number of fused-ring (bicyclic) bond motifs is 3. The van der Waals surface area contributed by atoms with Crippen molar-refractivity contribution in [1.29, 1.82) is 0 Å². The van der Waals surface area contributed by atoms with Gasteiger partial charge in [0.05, 0.1) is 36.6 Å². The molecule has 3 fully saturated rings. The highest BCUT2D eigenvalue weighted by atomic mass is 16.7. The van der Waals surface area contributed by atoms with Gasteiger partial charge in [-0.1, -0.05) is 65.7 Å². The van der Waals surface area contributed by atoms with Gasteiger partial charge in [-0.2, -0.15) is 0 Å². The number of Topliss-reactive ketones (excluding diaryl/α,β-unsaturated/α-hetero) is 1. The number of carbonyl (C=O) groups excluding carboxylic acids is 1. The molecule has 0 aromatic rings. The first kappa shape index (κ1) is 48.1. The van der Waals surface area contributed by atoms with E-state index in [2.05, 4.69) is 51.1 Å². The Labute approximate surface area is 350 Å². The summed E-state index contributed by atoms with van der Waals surface area (Å²) in [5.41, 5.74) is 1.44. The van der Waals surface area contributed by atoms with Gasteiger partial charge in [0.1, 0.15) is 17.5 Å². The first-order valence-corrected chi connectivity index (χ1v) is 21.8. The summed E-state index contributed by atoms with van der Waals surface area (Å²) in [4.78, 5) is 16.1. The van der Waals surface area contributed by atoms with Gasteiger partial charge in [0, 0.05) is 57.4 Å². The molecule has 58 heavy (non-hydrogen) atoms. The third-order valence-corrected chi connectivity index (χ3v) is 13.9. The molecule has 3 aliphatic heterocycles. The summed E-state index contributed by atoms with van der Waals surface area (Å²) in [5, 5.41) is 35.0. The minimum absolute atomic E-state index is 0.0420. The van der Waals surface area contributed by atoms with Crippen LogP contribution in [0.5, 0.6) is 0 Å². The molecule has 3 N–H and O–H groups in total. The number of methoxy groups -OCH3 is 3. The van der Waals surface area contributed by atoms with E-state index in [1.54, 1.807) is 27.4 Å². The van der Waals surface area contributed by atoms with Crippen molar-refractivity contribution in [3.05, 3.63) is 72.7 Å². The average Bonchev–Trinajstić information content (AvgIpc) is 3.19. The van der Waals surface area contributed by atoms with Gasteiger partial charge < -0.3 is 43.9 Å². The van der Waals surface area contributed by atoms with Crippen molar-refractivity contribution in [2.24, 2.45) is 29.6 Å².